The van der Waals surface area contributed by atoms with E-state index in [-0.39, 0.29) is 0 Å². The second kappa shape index (κ2) is 7.24. The molecule has 0 spiro atoms. The lowest BCUT2D eigenvalue weighted by Gasteiger charge is -2.15. The molecule has 1 rings (SSSR count). The average molecular weight is 198 g/mol. The van der Waals surface area contributed by atoms with Gasteiger partial charge in [-0.2, -0.15) is 0 Å². The van der Waals surface area contributed by atoms with Gasteiger partial charge in [-0.3, -0.25) is 0 Å². The van der Waals surface area contributed by atoms with Gasteiger partial charge >= 0.3 is 0 Å². The Morgan fingerprint density at radius 3 is 2.50 bits per heavy atom. The fraction of sp³-hybridized carbons (Fsp3) is 1.00. The molecular formula is C12H26N2. The molecule has 3 N–H and O–H groups in total. The second-order valence-corrected chi connectivity index (χ2v) is 4.58. The van der Waals surface area contributed by atoms with Gasteiger partial charge in [0, 0.05) is 18.6 Å². The zero-order valence-electron chi connectivity index (χ0n) is 9.60. The monoisotopic (exact) mass is 198 g/mol. The summed E-state index contributed by atoms with van der Waals surface area (Å²) in [5.74, 6) is 0. The number of hydrogen-bond acceptors (Lipinski definition) is 2. The number of rotatable bonds is 9. The maximum Gasteiger partial charge on any atom is 0.0192 e. The van der Waals surface area contributed by atoms with Crippen LogP contribution in [0.25, 0.3) is 0 Å². The molecule has 0 aromatic rings. The number of nitrogens with two attached hydrogens (primary N) is 1. The molecule has 0 bridgehead atoms. The van der Waals surface area contributed by atoms with Gasteiger partial charge in [0.15, 0.2) is 0 Å². The minimum absolute atomic E-state index is 0.587. The largest absolute Gasteiger partial charge is 0.329 e. The summed E-state index contributed by atoms with van der Waals surface area (Å²) in [5.41, 5.74) is 5.73. The lowest BCUT2D eigenvalue weighted by molar-refractivity contribution is 0.457. The molecule has 1 aliphatic carbocycles. The molecule has 0 aliphatic heterocycles. The smallest absolute Gasteiger partial charge is 0.0192 e. The van der Waals surface area contributed by atoms with Crippen molar-refractivity contribution in [1.29, 1.82) is 0 Å². The lowest BCUT2D eigenvalue weighted by Crippen LogP contribution is -2.37. The number of unbranched alkanes of at least 4 members (excludes halogenated alkanes) is 4. The maximum absolute atomic E-state index is 5.73. The van der Waals surface area contributed by atoms with Gasteiger partial charge in [0.2, 0.25) is 0 Å². The van der Waals surface area contributed by atoms with Crippen LogP contribution in [0.2, 0.25) is 0 Å². The molecule has 0 saturated heterocycles. The molecule has 0 heterocycles. The zero-order valence-corrected chi connectivity index (χ0v) is 9.60. The zero-order chi connectivity index (χ0) is 10.2. The Balaban J connectivity index is 1.90. The first-order valence-electron chi connectivity index (χ1n) is 6.33. The standard InChI is InChI=1S/C12H26N2/c1-2-3-4-5-6-7-12(10-13)14-11-8-9-11/h11-12,14H,2-10,13H2,1H3. The minimum Gasteiger partial charge on any atom is -0.329 e. The SMILES string of the molecule is CCCCCCCC(CN)NC1CC1. The minimum atomic E-state index is 0.587. The number of hydrogen-bond donors (Lipinski definition) is 2. The topological polar surface area (TPSA) is 38.0 Å². The third-order valence-corrected chi connectivity index (χ3v) is 2.99. The van der Waals surface area contributed by atoms with E-state index in [1.165, 1.54) is 51.4 Å². The molecule has 0 amide bonds. The van der Waals surface area contributed by atoms with Crippen molar-refractivity contribution in [2.45, 2.75) is 70.4 Å². The fourth-order valence-corrected chi connectivity index (χ4v) is 1.85. The molecule has 14 heavy (non-hydrogen) atoms. The van der Waals surface area contributed by atoms with E-state index in [0.29, 0.717) is 6.04 Å². The van der Waals surface area contributed by atoms with Crippen LogP contribution in [-0.4, -0.2) is 18.6 Å². The van der Waals surface area contributed by atoms with Gasteiger partial charge in [0.05, 0.1) is 0 Å². The first-order chi connectivity index (χ1) is 6.86. The van der Waals surface area contributed by atoms with Gasteiger partial charge in [0.25, 0.3) is 0 Å². The normalized spacial score (nSPS) is 18.4. The molecule has 0 aromatic carbocycles. The Bertz CT molecular complexity index is 132. The third kappa shape index (κ3) is 5.61. The quantitative estimate of drug-likeness (QED) is 0.558. The van der Waals surface area contributed by atoms with Gasteiger partial charge < -0.3 is 11.1 Å². The van der Waals surface area contributed by atoms with Crippen molar-refractivity contribution < 1.29 is 0 Å². The van der Waals surface area contributed by atoms with Crippen molar-refractivity contribution in [3.05, 3.63) is 0 Å². The van der Waals surface area contributed by atoms with Crippen molar-refractivity contribution >= 4 is 0 Å². The summed E-state index contributed by atoms with van der Waals surface area (Å²) < 4.78 is 0. The predicted molar refractivity (Wildman–Crippen MR) is 62.4 cm³/mol. The highest BCUT2D eigenvalue weighted by molar-refractivity contribution is 4.85. The van der Waals surface area contributed by atoms with Crippen molar-refractivity contribution in [3.63, 3.8) is 0 Å². The molecule has 84 valence electrons. The highest BCUT2D eigenvalue weighted by Gasteiger charge is 2.23. The Hall–Kier alpha value is -0.0800. The van der Waals surface area contributed by atoms with Crippen LogP contribution in [-0.2, 0) is 0 Å². The summed E-state index contributed by atoms with van der Waals surface area (Å²) in [4.78, 5) is 0. The highest BCUT2D eigenvalue weighted by Crippen LogP contribution is 2.20. The van der Waals surface area contributed by atoms with Crippen molar-refractivity contribution in [2.75, 3.05) is 6.54 Å². The van der Waals surface area contributed by atoms with E-state index in [0.717, 1.165) is 12.6 Å². The highest BCUT2D eigenvalue weighted by atomic mass is 15.0. The summed E-state index contributed by atoms with van der Waals surface area (Å²) in [7, 11) is 0. The van der Waals surface area contributed by atoms with Crippen LogP contribution in [0.1, 0.15) is 58.3 Å². The summed E-state index contributed by atoms with van der Waals surface area (Å²) in [6.45, 7) is 3.07. The van der Waals surface area contributed by atoms with Crippen molar-refractivity contribution in [1.82, 2.24) is 5.32 Å². The van der Waals surface area contributed by atoms with Crippen molar-refractivity contribution in [3.8, 4) is 0 Å². The van der Waals surface area contributed by atoms with Crippen LogP contribution in [0.15, 0.2) is 0 Å². The molecule has 1 unspecified atom stereocenters. The van der Waals surface area contributed by atoms with E-state index in [9.17, 15) is 0 Å². The van der Waals surface area contributed by atoms with Crippen LogP contribution in [0.3, 0.4) is 0 Å². The Kier molecular flexibility index (Phi) is 6.20. The van der Waals surface area contributed by atoms with Crippen LogP contribution in [0.5, 0.6) is 0 Å². The van der Waals surface area contributed by atoms with Gasteiger partial charge in [-0.1, -0.05) is 39.0 Å². The van der Waals surface area contributed by atoms with Gasteiger partial charge in [0.1, 0.15) is 0 Å². The molecule has 1 atom stereocenters. The second-order valence-electron chi connectivity index (χ2n) is 4.58. The first-order valence-corrected chi connectivity index (χ1v) is 6.33. The van der Waals surface area contributed by atoms with E-state index in [4.69, 9.17) is 5.73 Å². The fourth-order valence-electron chi connectivity index (χ4n) is 1.85. The van der Waals surface area contributed by atoms with Gasteiger partial charge in [-0.15, -0.1) is 0 Å². The summed E-state index contributed by atoms with van der Waals surface area (Å²) in [6.07, 6.45) is 10.9. The molecule has 1 aliphatic rings. The Labute approximate surface area is 88.6 Å². The molecule has 0 aromatic heterocycles. The average Bonchev–Trinajstić information content (AvgIpc) is 2.99. The summed E-state index contributed by atoms with van der Waals surface area (Å²) in [5, 5.41) is 3.61. The van der Waals surface area contributed by atoms with Crippen molar-refractivity contribution in [2.24, 2.45) is 5.73 Å². The molecule has 2 nitrogen and oxygen atoms in total. The third-order valence-electron chi connectivity index (χ3n) is 2.99. The van der Waals surface area contributed by atoms with E-state index in [1.807, 2.05) is 0 Å². The van der Waals surface area contributed by atoms with E-state index >= 15 is 0 Å². The lowest BCUT2D eigenvalue weighted by atomic mass is 10.1. The van der Waals surface area contributed by atoms with Crippen LogP contribution >= 0.6 is 0 Å². The predicted octanol–water partition coefficient (Wildman–Crippen LogP) is 2.43. The Morgan fingerprint density at radius 1 is 1.21 bits per heavy atom. The van der Waals surface area contributed by atoms with E-state index < -0.39 is 0 Å². The van der Waals surface area contributed by atoms with E-state index in [1.54, 1.807) is 0 Å². The maximum atomic E-state index is 5.73. The number of nitrogens with one attached hydrogen (secondary N) is 1. The molecular weight excluding hydrogens is 172 g/mol. The molecule has 0 radical (unpaired) electrons. The summed E-state index contributed by atoms with van der Waals surface area (Å²) in [6, 6.07) is 1.39. The Morgan fingerprint density at radius 2 is 1.93 bits per heavy atom. The first kappa shape index (κ1) is 12.0. The van der Waals surface area contributed by atoms with Crippen LogP contribution in [0.4, 0.5) is 0 Å². The van der Waals surface area contributed by atoms with Crippen LogP contribution < -0.4 is 11.1 Å². The van der Waals surface area contributed by atoms with Gasteiger partial charge in [-0.25, -0.2) is 0 Å². The summed E-state index contributed by atoms with van der Waals surface area (Å²) >= 11 is 0. The van der Waals surface area contributed by atoms with Crippen LogP contribution in [0, 0.1) is 0 Å². The van der Waals surface area contributed by atoms with Gasteiger partial charge in [-0.05, 0) is 19.3 Å². The van der Waals surface area contributed by atoms with E-state index in [2.05, 4.69) is 12.2 Å². The molecule has 1 saturated carbocycles. The molecule has 2 heteroatoms. The molecule has 1 fully saturated rings.